The maximum atomic E-state index is 6.82. The third-order valence-electron chi connectivity index (χ3n) is 10.6. The van der Waals surface area contributed by atoms with Crippen LogP contribution in [-0.2, 0) is 0 Å². The van der Waals surface area contributed by atoms with Crippen molar-refractivity contribution in [1.29, 1.82) is 0 Å². The molecule has 0 aliphatic heterocycles. The summed E-state index contributed by atoms with van der Waals surface area (Å²) in [5.74, 6) is 0. The van der Waals surface area contributed by atoms with Gasteiger partial charge in [-0.3, -0.25) is 0 Å². The quantitative estimate of drug-likeness (QED) is 0.138. The Morgan fingerprint density at radius 2 is 0.735 bits per heavy atom. The molecule has 0 fully saturated rings. The molecule has 11 rings (SSSR count). The Bertz CT molecular complexity index is 3100. The maximum absolute atomic E-state index is 6.82. The van der Waals surface area contributed by atoms with Crippen molar-refractivity contribution in [2.45, 2.75) is 0 Å². The summed E-state index contributed by atoms with van der Waals surface area (Å²) in [6.07, 6.45) is 0. The highest BCUT2D eigenvalue weighted by Gasteiger charge is 2.20. The largest absolute Gasteiger partial charge is 0.455 e. The molecule has 1 nitrogen and oxygen atoms in total. The van der Waals surface area contributed by atoms with Gasteiger partial charge >= 0.3 is 0 Å². The highest BCUT2D eigenvalue weighted by Crippen LogP contribution is 2.46. The molecule has 0 spiro atoms. The Labute approximate surface area is 282 Å². The molecular weight excluding hydrogens is 593 g/mol. The van der Waals surface area contributed by atoms with Gasteiger partial charge in [0.25, 0.3) is 0 Å². The topological polar surface area (TPSA) is 13.1 Å². The van der Waals surface area contributed by atoms with Crippen molar-refractivity contribution < 1.29 is 4.42 Å². The molecule has 1 heteroatoms. The van der Waals surface area contributed by atoms with Crippen molar-refractivity contribution in [1.82, 2.24) is 0 Å². The predicted octanol–water partition coefficient (Wildman–Crippen LogP) is 13.8. The van der Waals surface area contributed by atoms with E-state index in [0.29, 0.717) is 0 Å². The van der Waals surface area contributed by atoms with Crippen LogP contribution in [0, 0.1) is 0 Å². The van der Waals surface area contributed by atoms with E-state index in [-0.39, 0.29) is 0 Å². The molecule has 0 unspecified atom stereocenters. The molecule has 0 bridgehead atoms. The fourth-order valence-electron chi connectivity index (χ4n) is 8.48. The third-order valence-corrected chi connectivity index (χ3v) is 10.6. The molecule has 1 aromatic heterocycles. The van der Waals surface area contributed by atoms with Gasteiger partial charge in [-0.2, -0.15) is 0 Å². The van der Waals surface area contributed by atoms with E-state index in [1.54, 1.807) is 0 Å². The minimum absolute atomic E-state index is 0.910. The predicted molar refractivity (Wildman–Crippen MR) is 210 cm³/mol. The molecule has 49 heavy (non-hydrogen) atoms. The van der Waals surface area contributed by atoms with Crippen molar-refractivity contribution in [2.24, 2.45) is 0 Å². The minimum atomic E-state index is 0.910. The van der Waals surface area contributed by atoms with Gasteiger partial charge in [-0.25, -0.2) is 0 Å². The van der Waals surface area contributed by atoms with Gasteiger partial charge in [-0.1, -0.05) is 152 Å². The van der Waals surface area contributed by atoms with Crippen molar-refractivity contribution >= 4 is 86.6 Å². The highest BCUT2D eigenvalue weighted by molar-refractivity contribution is 6.30. The van der Waals surface area contributed by atoms with Crippen molar-refractivity contribution in [3.8, 4) is 22.3 Å². The molecule has 11 aromatic rings. The second kappa shape index (κ2) is 10.0. The van der Waals surface area contributed by atoms with Crippen LogP contribution >= 0.6 is 0 Å². The number of hydrogen-bond donors (Lipinski definition) is 0. The zero-order valence-electron chi connectivity index (χ0n) is 26.6. The first-order valence-electron chi connectivity index (χ1n) is 16.9. The smallest absolute Gasteiger partial charge is 0.143 e. The molecule has 0 saturated carbocycles. The summed E-state index contributed by atoms with van der Waals surface area (Å²) in [4.78, 5) is 0. The Balaban J connectivity index is 1.19. The van der Waals surface area contributed by atoms with E-state index in [4.69, 9.17) is 4.42 Å². The fraction of sp³-hybridized carbons (Fsp3) is 0. The summed E-state index contributed by atoms with van der Waals surface area (Å²) in [6, 6.07) is 62.0. The number of rotatable bonds is 2. The molecule has 0 N–H and O–H groups in total. The first-order valence-corrected chi connectivity index (χ1v) is 16.9. The number of furan rings is 1. The standard InChI is InChI=1S/C48H28O/c1-2-12-33-29(11-1)21-22-30-27-31(23-25-34(30)33)45-38-16-6-8-18-40(38)46(41-19-9-7-17-39(41)45)32-24-26-43-44(28-32)49-48-42-20-10-4-14-36(42)35-13-3-5-15-37(35)47(43)48/h1-28H. The first-order chi connectivity index (χ1) is 24.3. The minimum Gasteiger partial charge on any atom is -0.455 e. The van der Waals surface area contributed by atoms with Crippen molar-refractivity contribution in [3.63, 3.8) is 0 Å². The SMILES string of the molecule is c1ccc2c(c1)ccc1cc(-c3c4ccccc4c(-c4ccc5c(c4)oc4c6ccccc6c6ccccc6c54)c4ccccc34)ccc12. The molecule has 1 heterocycles. The fourth-order valence-corrected chi connectivity index (χ4v) is 8.48. The summed E-state index contributed by atoms with van der Waals surface area (Å²) in [5.41, 5.74) is 6.76. The van der Waals surface area contributed by atoms with E-state index in [1.807, 2.05) is 0 Å². The molecule has 226 valence electrons. The van der Waals surface area contributed by atoms with E-state index in [1.165, 1.54) is 81.3 Å². The number of benzene rings is 10. The second-order valence-corrected chi connectivity index (χ2v) is 13.2. The number of fused-ring (bicyclic) bond motifs is 13. The average molecular weight is 621 g/mol. The van der Waals surface area contributed by atoms with E-state index in [9.17, 15) is 0 Å². The summed E-state index contributed by atoms with van der Waals surface area (Å²) >= 11 is 0. The molecule has 0 saturated heterocycles. The van der Waals surface area contributed by atoms with Crippen LogP contribution in [0.3, 0.4) is 0 Å². The van der Waals surface area contributed by atoms with Crippen molar-refractivity contribution in [2.75, 3.05) is 0 Å². The van der Waals surface area contributed by atoms with Gasteiger partial charge in [0.05, 0.1) is 0 Å². The Morgan fingerprint density at radius 1 is 0.286 bits per heavy atom. The van der Waals surface area contributed by atoms with E-state index >= 15 is 0 Å². The average Bonchev–Trinajstić information content (AvgIpc) is 3.56. The highest BCUT2D eigenvalue weighted by atomic mass is 16.3. The molecule has 0 amide bonds. The lowest BCUT2D eigenvalue weighted by atomic mass is 9.85. The number of hydrogen-bond acceptors (Lipinski definition) is 1. The summed E-state index contributed by atoms with van der Waals surface area (Å²) in [6.45, 7) is 0. The Hall–Kier alpha value is -6.44. The zero-order valence-corrected chi connectivity index (χ0v) is 26.6. The normalized spacial score (nSPS) is 12.1. The molecule has 0 aliphatic rings. The van der Waals surface area contributed by atoms with Crippen LogP contribution in [0.15, 0.2) is 174 Å². The second-order valence-electron chi connectivity index (χ2n) is 13.2. The zero-order chi connectivity index (χ0) is 32.1. The molecule has 0 radical (unpaired) electrons. The van der Waals surface area contributed by atoms with Crippen LogP contribution in [0.4, 0.5) is 0 Å². The lowest BCUT2D eigenvalue weighted by Gasteiger charge is -2.18. The van der Waals surface area contributed by atoms with Gasteiger partial charge < -0.3 is 4.42 Å². The van der Waals surface area contributed by atoms with Crippen LogP contribution in [0.25, 0.3) is 109 Å². The third kappa shape index (κ3) is 3.76. The van der Waals surface area contributed by atoms with Gasteiger partial charge in [-0.15, -0.1) is 0 Å². The van der Waals surface area contributed by atoms with Gasteiger partial charge in [0, 0.05) is 16.2 Å². The lowest BCUT2D eigenvalue weighted by molar-refractivity contribution is 0.673. The van der Waals surface area contributed by atoms with E-state index < -0.39 is 0 Å². The summed E-state index contributed by atoms with van der Waals surface area (Å²) < 4.78 is 6.82. The van der Waals surface area contributed by atoms with Crippen LogP contribution in [-0.4, -0.2) is 0 Å². The summed E-state index contributed by atoms with van der Waals surface area (Å²) in [5, 5.41) is 17.3. The monoisotopic (exact) mass is 620 g/mol. The van der Waals surface area contributed by atoms with Crippen LogP contribution in [0.5, 0.6) is 0 Å². The van der Waals surface area contributed by atoms with Gasteiger partial charge in [0.1, 0.15) is 11.2 Å². The molecular formula is C48H28O. The van der Waals surface area contributed by atoms with Crippen molar-refractivity contribution in [3.05, 3.63) is 170 Å². The lowest BCUT2D eigenvalue weighted by Crippen LogP contribution is -1.91. The van der Waals surface area contributed by atoms with Gasteiger partial charge in [0.2, 0.25) is 0 Å². The Kier molecular flexibility index (Phi) is 5.45. The van der Waals surface area contributed by atoms with Gasteiger partial charge in [-0.05, 0) is 99.7 Å². The van der Waals surface area contributed by atoms with Crippen LogP contribution < -0.4 is 0 Å². The molecule has 10 aromatic carbocycles. The van der Waals surface area contributed by atoms with Crippen LogP contribution in [0.2, 0.25) is 0 Å². The first kappa shape index (κ1) is 26.6. The van der Waals surface area contributed by atoms with E-state index in [0.717, 1.165) is 27.5 Å². The summed E-state index contributed by atoms with van der Waals surface area (Å²) in [7, 11) is 0. The van der Waals surface area contributed by atoms with E-state index in [2.05, 4.69) is 170 Å². The molecule has 0 aliphatic carbocycles. The Morgan fingerprint density at radius 3 is 1.39 bits per heavy atom. The maximum Gasteiger partial charge on any atom is 0.143 e. The van der Waals surface area contributed by atoms with Gasteiger partial charge in [0.15, 0.2) is 0 Å². The molecule has 0 atom stereocenters. The van der Waals surface area contributed by atoms with Crippen LogP contribution in [0.1, 0.15) is 0 Å².